The van der Waals surface area contributed by atoms with Gasteiger partial charge < -0.3 is 0 Å². The number of ketones is 2. The average molecular weight is 274 g/mol. The predicted octanol–water partition coefficient (Wildman–Crippen LogP) is 4.08. The molecule has 0 aromatic heterocycles. The second-order valence-corrected chi connectivity index (χ2v) is 7.47. The lowest BCUT2D eigenvalue weighted by molar-refractivity contribution is -0.141. The van der Waals surface area contributed by atoms with E-state index in [1.54, 1.807) is 0 Å². The van der Waals surface area contributed by atoms with Crippen molar-refractivity contribution in [2.45, 2.75) is 48.0 Å². The molecule has 0 unspecified atom stereocenters. The van der Waals surface area contributed by atoms with E-state index in [-0.39, 0.29) is 11.6 Å². The van der Waals surface area contributed by atoms with Crippen molar-refractivity contribution in [2.75, 3.05) is 0 Å². The molecule has 1 aromatic carbocycles. The predicted molar refractivity (Wildman–Crippen MR) is 82.6 cm³/mol. The highest BCUT2D eigenvalue weighted by molar-refractivity contribution is 6.06. The number of Topliss-reactive ketones (excluding diaryl/α,β-unsaturated/α-hetero) is 2. The Morgan fingerprint density at radius 2 is 1.25 bits per heavy atom. The third-order valence-electron chi connectivity index (χ3n) is 3.39. The van der Waals surface area contributed by atoms with E-state index in [0.29, 0.717) is 6.42 Å². The lowest BCUT2D eigenvalue weighted by atomic mass is 9.72. The monoisotopic (exact) mass is 274 g/mol. The van der Waals surface area contributed by atoms with Crippen molar-refractivity contribution in [1.82, 2.24) is 0 Å². The molecule has 0 saturated carbocycles. The van der Waals surface area contributed by atoms with Gasteiger partial charge in [-0.3, -0.25) is 9.59 Å². The van der Waals surface area contributed by atoms with Gasteiger partial charge in [-0.15, -0.1) is 0 Å². The van der Waals surface area contributed by atoms with E-state index in [4.69, 9.17) is 0 Å². The number of hydrogen-bond donors (Lipinski definition) is 0. The van der Waals surface area contributed by atoms with Gasteiger partial charge in [0.15, 0.2) is 0 Å². The van der Waals surface area contributed by atoms with Crippen molar-refractivity contribution in [2.24, 2.45) is 16.7 Å². The van der Waals surface area contributed by atoms with Crippen LogP contribution in [0, 0.1) is 16.7 Å². The zero-order valence-corrected chi connectivity index (χ0v) is 13.5. The maximum absolute atomic E-state index is 12.6. The van der Waals surface area contributed by atoms with Crippen LogP contribution < -0.4 is 0 Å². The van der Waals surface area contributed by atoms with Gasteiger partial charge >= 0.3 is 0 Å². The molecule has 0 heterocycles. The first-order chi connectivity index (χ1) is 9.03. The van der Waals surface area contributed by atoms with E-state index in [0.717, 1.165) is 5.56 Å². The number of hydrogen-bond acceptors (Lipinski definition) is 2. The maximum atomic E-state index is 12.6. The van der Waals surface area contributed by atoms with Crippen LogP contribution in [-0.4, -0.2) is 11.6 Å². The number of carbonyl (C=O) groups is 2. The van der Waals surface area contributed by atoms with E-state index in [9.17, 15) is 9.59 Å². The zero-order chi connectivity index (χ0) is 15.6. The van der Waals surface area contributed by atoms with Gasteiger partial charge in [-0.2, -0.15) is 0 Å². The van der Waals surface area contributed by atoms with Gasteiger partial charge in [0.1, 0.15) is 11.6 Å². The van der Waals surface area contributed by atoms with E-state index in [1.807, 2.05) is 71.9 Å². The summed E-state index contributed by atoms with van der Waals surface area (Å²) in [5.74, 6) is -0.500. The van der Waals surface area contributed by atoms with E-state index < -0.39 is 16.7 Å². The highest BCUT2D eigenvalue weighted by Gasteiger charge is 2.38. The molecular weight excluding hydrogens is 248 g/mol. The standard InChI is InChI=1S/C18H26O2/c1-17(2,3)15(19)14(16(20)18(4,5)6)12-13-10-8-7-9-11-13/h7-11,14H,12H2,1-6H3. The van der Waals surface area contributed by atoms with Crippen molar-refractivity contribution in [1.29, 1.82) is 0 Å². The summed E-state index contributed by atoms with van der Waals surface area (Å²) in [5, 5.41) is 0. The maximum Gasteiger partial charge on any atom is 0.148 e. The molecule has 0 fully saturated rings. The summed E-state index contributed by atoms with van der Waals surface area (Å²) in [6.45, 7) is 11.3. The van der Waals surface area contributed by atoms with Crippen LogP contribution in [0.4, 0.5) is 0 Å². The number of rotatable bonds is 4. The second-order valence-electron chi connectivity index (χ2n) is 7.47. The van der Waals surface area contributed by atoms with Crippen LogP contribution >= 0.6 is 0 Å². The Hall–Kier alpha value is -1.44. The van der Waals surface area contributed by atoms with Crippen LogP contribution in [0.5, 0.6) is 0 Å². The van der Waals surface area contributed by atoms with Gasteiger partial charge in [-0.25, -0.2) is 0 Å². The van der Waals surface area contributed by atoms with Gasteiger partial charge in [0.2, 0.25) is 0 Å². The fourth-order valence-corrected chi connectivity index (χ4v) is 2.20. The quantitative estimate of drug-likeness (QED) is 0.775. The first-order valence-corrected chi connectivity index (χ1v) is 7.16. The van der Waals surface area contributed by atoms with Gasteiger partial charge in [-0.05, 0) is 12.0 Å². The molecule has 2 heteroatoms. The Labute approximate surface area is 122 Å². The molecule has 1 rings (SSSR count). The molecule has 20 heavy (non-hydrogen) atoms. The summed E-state index contributed by atoms with van der Waals surface area (Å²) < 4.78 is 0. The van der Waals surface area contributed by atoms with Crippen molar-refractivity contribution >= 4 is 11.6 Å². The fraction of sp³-hybridized carbons (Fsp3) is 0.556. The Bertz CT molecular complexity index is 446. The summed E-state index contributed by atoms with van der Waals surface area (Å²) in [6, 6.07) is 9.76. The Kier molecular flexibility index (Phi) is 4.90. The lowest BCUT2D eigenvalue weighted by Gasteiger charge is -2.28. The van der Waals surface area contributed by atoms with Crippen molar-refractivity contribution in [3.05, 3.63) is 35.9 Å². The molecule has 0 aliphatic rings. The van der Waals surface area contributed by atoms with Gasteiger partial charge in [0.25, 0.3) is 0 Å². The second kappa shape index (κ2) is 5.90. The molecule has 0 spiro atoms. The normalized spacial score (nSPS) is 12.6. The first-order valence-electron chi connectivity index (χ1n) is 7.16. The molecule has 0 aliphatic heterocycles. The van der Waals surface area contributed by atoms with Crippen LogP contribution in [0.3, 0.4) is 0 Å². The smallest absolute Gasteiger partial charge is 0.148 e. The molecule has 0 amide bonds. The molecule has 1 aromatic rings. The van der Waals surface area contributed by atoms with Crippen LogP contribution in [0.1, 0.15) is 47.1 Å². The largest absolute Gasteiger partial charge is 0.298 e. The fourth-order valence-electron chi connectivity index (χ4n) is 2.20. The Morgan fingerprint density at radius 1 is 0.850 bits per heavy atom. The topological polar surface area (TPSA) is 34.1 Å². The molecular formula is C18H26O2. The van der Waals surface area contributed by atoms with Gasteiger partial charge in [0, 0.05) is 10.8 Å². The van der Waals surface area contributed by atoms with Gasteiger partial charge in [0.05, 0.1) is 5.92 Å². The molecule has 0 radical (unpaired) electrons. The summed E-state index contributed by atoms with van der Waals surface area (Å²) in [5.41, 5.74) is 0.0356. The molecule has 2 nitrogen and oxygen atoms in total. The third kappa shape index (κ3) is 4.29. The minimum Gasteiger partial charge on any atom is -0.298 e. The summed E-state index contributed by atoms with van der Waals surface area (Å²) >= 11 is 0. The molecule has 0 N–H and O–H groups in total. The highest BCUT2D eigenvalue weighted by atomic mass is 16.2. The van der Waals surface area contributed by atoms with Crippen LogP contribution in [-0.2, 0) is 16.0 Å². The summed E-state index contributed by atoms with van der Waals surface area (Å²) in [7, 11) is 0. The van der Waals surface area contributed by atoms with Crippen molar-refractivity contribution in [3.63, 3.8) is 0 Å². The lowest BCUT2D eigenvalue weighted by Crippen LogP contribution is -2.40. The van der Waals surface area contributed by atoms with Crippen LogP contribution in [0.15, 0.2) is 30.3 Å². The van der Waals surface area contributed by atoms with E-state index in [2.05, 4.69) is 0 Å². The molecule has 0 bridgehead atoms. The van der Waals surface area contributed by atoms with Crippen molar-refractivity contribution in [3.8, 4) is 0 Å². The minimum atomic E-state index is -0.558. The number of carbonyl (C=O) groups excluding carboxylic acids is 2. The minimum absolute atomic E-state index is 0.0290. The summed E-state index contributed by atoms with van der Waals surface area (Å²) in [4.78, 5) is 25.3. The van der Waals surface area contributed by atoms with E-state index >= 15 is 0 Å². The Balaban J connectivity index is 3.09. The molecule has 0 saturated heterocycles. The Morgan fingerprint density at radius 3 is 1.60 bits per heavy atom. The highest BCUT2D eigenvalue weighted by Crippen LogP contribution is 2.29. The van der Waals surface area contributed by atoms with Crippen LogP contribution in [0.25, 0.3) is 0 Å². The zero-order valence-electron chi connectivity index (χ0n) is 13.5. The molecule has 0 atom stereocenters. The SMILES string of the molecule is CC(C)(C)C(=O)C(Cc1ccccc1)C(=O)C(C)(C)C. The molecule has 110 valence electrons. The van der Waals surface area contributed by atoms with Crippen molar-refractivity contribution < 1.29 is 9.59 Å². The average Bonchev–Trinajstić information content (AvgIpc) is 2.33. The summed E-state index contributed by atoms with van der Waals surface area (Å²) in [6.07, 6.45) is 0.493. The van der Waals surface area contributed by atoms with Gasteiger partial charge in [-0.1, -0.05) is 71.9 Å². The van der Waals surface area contributed by atoms with E-state index in [1.165, 1.54) is 0 Å². The third-order valence-corrected chi connectivity index (χ3v) is 3.39. The van der Waals surface area contributed by atoms with Crippen LogP contribution in [0.2, 0.25) is 0 Å². The number of benzene rings is 1. The first kappa shape index (κ1) is 16.6. The molecule has 0 aliphatic carbocycles.